The first kappa shape index (κ1) is 18.7. The van der Waals surface area contributed by atoms with Gasteiger partial charge in [0.05, 0.1) is 12.1 Å². The Morgan fingerprint density at radius 2 is 2.00 bits per heavy atom. The van der Waals surface area contributed by atoms with E-state index in [0.29, 0.717) is 16.5 Å². The molecule has 0 aromatic heterocycles. The fourth-order valence-electron chi connectivity index (χ4n) is 3.41. The number of anilines is 1. The lowest BCUT2D eigenvalue weighted by Gasteiger charge is -2.31. The highest BCUT2D eigenvalue weighted by molar-refractivity contribution is 6.32. The Morgan fingerprint density at radius 1 is 1.23 bits per heavy atom. The third-order valence-corrected chi connectivity index (χ3v) is 5.16. The summed E-state index contributed by atoms with van der Waals surface area (Å²) in [5, 5.41) is 3.48. The fourth-order valence-corrected chi connectivity index (χ4v) is 3.67. The van der Waals surface area contributed by atoms with Crippen LogP contribution in [-0.2, 0) is 11.3 Å². The highest BCUT2D eigenvalue weighted by atomic mass is 35.5. The van der Waals surface area contributed by atoms with E-state index in [-0.39, 0.29) is 11.8 Å². The Kier molecular flexibility index (Phi) is 6.17. The van der Waals surface area contributed by atoms with Gasteiger partial charge in [-0.3, -0.25) is 9.69 Å². The second-order valence-electron chi connectivity index (χ2n) is 6.88. The maximum atomic E-state index is 12.5. The third-order valence-electron chi connectivity index (χ3n) is 4.87. The molecule has 0 atom stereocenters. The number of methoxy groups -OCH3 is 1. The van der Waals surface area contributed by atoms with Gasteiger partial charge in [0.15, 0.2) is 0 Å². The van der Waals surface area contributed by atoms with Gasteiger partial charge < -0.3 is 10.1 Å². The number of nitrogens with one attached hydrogen (secondary N) is 1. The third kappa shape index (κ3) is 4.77. The highest BCUT2D eigenvalue weighted by Crippen LogP contribution is 2.28. The Balaban J connectivity index is 1.51. The van der Waals surface area contributed by atoms with Crippen LogP contribution in [0.15, 0.2) is 42.5 Å². The lowest BCUT2D eigenvalue weighted by atomic mass is 9.95. The molecular formula is C21H25ClN2O2. The van der Waals surface area contributed by atoms with Crippen molar-refractivity contribution in [1.29, 1.82) is 0 Å². The quantitative estimate of drug-likeness (QED) is 0.839. The zero-order chi connectivity index (χ0) is 18.5. The van der Waals surface area contributed by atoms with Gasteiger partial charge in [-0.2, -0.15) is 0 Å². The van der Waals surface area contributed by atoms with Crippen LogP contribution in [0.25, 0.3) is 0 Å². The summed E-state index contributed by atoms with van der Waals surface area (Å²) in [4.78, 5) is 15.0. The number of hydrogen-bond acceptors (Lipinski definition) is 3. The first-order chi connectivity index (χ1) is 12.5. The van der Waals surface area contributed by atoms with Crippen molar-refractivity contribution in [2.45, 2.75) is 26.3 Å². The molecule has 1 aliphatic heterocycles. The van der Waals surface area contributed by atoms with Gasteiger partial charge in [0, 0.05) is 18.2 Å². The van der Waals surface area contributed by atoms with Crippen molar-refractivity contribution >= 4 is 23.2 Å². The van der Waals surface area contributed by atoms with Crippen molar-refractivity contribution in [3.05, 3.63) is 58.6 Å². The van der Waals surface area contributed by atoms with Gasteiger partial charge in [-0.25, -0.2) is 0 Å². The number of rotatable bonds is 5. The molecule has 1 saturated heterocycles. The first-order valence-electron chi connectivity index (χ1n) is 8.97. The summed E-state index contributed by atoms with van der Waals surface area (Å²) in [5.74, 6) is 0.722. The highest BCUT2D eigenvalue weighted by Gasteiger charge is 2.25. The van der Waals surface area contributed by atoms with E-state index in [0.717, 1.165) is 32.5 Å². The Morgan fingerprint density at radius 3 is 2.65 bits per heavy atom. The largest absolute Gasteiger partial charge is 0.495 e. The van der Waals surface area contributed by atoms with Gasteiger partial charge in [-0.05, 0) is 56.6 Å². The van der Waals surface area contributed by atoms with Crippen LogP contribution in [0.4, 0.5) is 5.69 Å². The van der Waals surface area contributed by atoms with Crippen molar-refractivity contribution in [2.75, 3.05) is 25.5 Å². The summed E-state index contributed by atoms with van der Waals surface area (Å²) >= 11 is 6.12. The van der Waals surface area contributed by atoms with Crippen LogP contribution in [0.1, 0.15) is 24.0 Å². The van der Waals surface area contributed by atoms with Gasteiger partial charge in [0.25, 0.3) is 0 Å². The molecule has 0 aliphatic carbocycles. The van der Waals surface area contributed by atoms with E-state index in [1.807, 2.05) is 6.07 Å². The van der Waals surface area contributed by atoms with Crippen molar-refractivity contribution in [2.24, 2.45) is 5.92 Å². The molecule has 0 radical (unpaired) electrons. The number of benzene rings is 2. The van der Waals surface area contributed by atoms with E-state index >= 15 is 0 Å². The van der Waals surface area contributed by atoms with Crippen molar-refractivity contribution in [1.82, 2.24) is 4.90 Å². The zero-order valence-electron chi connectivity index (χ0n) is 15.3. The second-order valence-corrected chi connectivity index (χ2v) is 7.29. The number of ether oxygens (including phenoxy) is 1. The standard InChI is InChI=1S/C21H25ClN2O2/c1-15-4-3-5-16(12-15)14-24-10-8-17(9-11-24)21(25)23-18-6-7-20(26-2)19(22)13-18/h3-7,12-13,17H,8-11,14H2,1-2H3,(H,23,25). The molecule has 0 saturated carbocycles. The summed E-state index contributed by atoms with van der Waals surface area (Å²) in [6.45, 7) is 4.94. The summed E-state index contributed by atoms with van der Waals surface area (Å²) < 4.78 is 5.14. The molecule has 1 N–H and O–H groups in total. The predicted octanol–water partition coefficient (Wildman–Crippen LogP) is 4.51. The van der Waals surface area contributed by atoms with E-state index in [1.54, 1.807) is 19.2 Å². The number of piperidine rings is 1. The smallest absolute Gasteiger partial charge is 0.227 e. The van der Waals surface area contributed by atoms with E-state index in [1.165, 1.54) is 11.1 Å². The molecule has 138 valence electrons. The van der Waals surface area contributed by atoms with E-state index in [9.17, 15) is 4.79 Å². The zero-order valence-corrected chi connectivity index (χ0v) is 16.1. The van der Waals surface area contributed by atoms with Crippen LogP contribution < -0.4 is 10.1 Å². The maximum absolute atomic E-state index is 12.5. The molecule has 0 unspecified atom stereocenters. The van der Waals surface area contributed by atoms with Crippen LogP contribution in [0.5, 0.6) is 5.75 Å². The molecule has 26 heavy (non-hydrogen) atoms. The molecule has 1 heterocycles. The normalized spacial score (nSPS) is 15.7. The fraction of sp³-hybridized carbons (Fsp3) is 0.381. The van der Waals surface area contributed by atoms with E-state index in [2.05, 4.69) is 41.4 Å². The maximum Gasteiger partial charge on any atom is 0.227 e. The predicted molar refractivity (Wildman–Crippen MR) is 106 cm³/mol. The van der Waals surface area contributed by atoms with Crippen LogP contribution >= 0.6 is 11.6 Å². The topological polar surface area (TPSA) is 41.6 Å². The van der Waals surface area contributed by atoms with Gasteiger partial charge in [0.1, 0.15) is 5.75 Å². The number of halogens is 1. The summed E-state index contributed by atoms with van der Waals surface area (Å²) in [6.07, 6.45) is 1.75. The molecule has 1 fully saturated rings. The molecule has 1 aliphatic rings. The lowest BCUT2D eigenvalue weighted by molar-refractivity contribution is -0.121. The number of carbonyl (C=O) groups is 1. The first-order valence-corrected chi connectivity index (χ1v) is 9.35. The number of nitrogens with zero attached hydrogens (tertiary/aromatic N) is 1. The molecule has 1 amide bonds. The van der Waals surface area contributed by atoms with Crippen LogP contribution in [-0.4, -0.2) is 31.0 Å². The van der Waals surface area contributed by atoms with Gasteiger partial charge in [0.2, 0.25) is 5.91 Å². The molecule has 4 nitrogen and oxygen atoms in total. The van der Waals surface area contributed by atoms with Gasteiger partial charge in [-0.15, -0.1) is 0 Å². The minimum Gasteiger partial charge on any atom is -0.495 e. The number of hydrogen-bond donors (Lipinski definition) is 1. The SMILES string of the molecule is COc1ccc(NC(=O)C2CCN(Cc3cccc(C)c3)CC2)cc1Cl. The van der Waals surface area contributed by atoms with Crippen LogP contribution in [0.3, 0.4) is 0 Å². The van der Waals surface area contributed by atoms with E-state index < -0.39 is 0 Å². The average molecular weight is 373 g/mol. The van der Waals surface area contributed by atoms with E-state index in [4.69, 9.17) is 16.3 Å². The summed E-state index contributed by atoms with van der Waals surface area (Å²) in [6, 6.07) is 13.9. The number of amides is 1. The monoisotopic (exact) mass is 372 g/mol. The number of aryl methyl sites for hydroxylation is 1. The molecule has 0 bridgehead atoms. The lowest BCUT2D eigenvalue weighted by Crippen LogP contribution is -2.37. The molecule has 5 heteroatoms. The molecule has 2 aromatic rings. The number of carbonyl (C=O) groups excluding carboxylic acids is 1. The molecular weight excluding hydrogens is 348 g/mol. The summed E-state index contributed by atoms with van der Waals surface area (Å²) in [5.41, 5.74) is 3.33. The van der Waals surface area contributed by atoms with Gasteiger partial charge in [-0.1, -0.05) is 41.4 Å². The van der Waals surface area contributed by atoms with Crippen LogP contribution in [0, 0.1) is 12.8 Å². The Bertz CT molecular complexity index is 770. The van der Waals surface area contributed by atoms with Crippen molar-refractivity contribution < 1.29 is 9.53 Å². The van der Waals surface area contributed by atoms with Crippen LogP contribution in [0.2, 0.25) is 5.02 Å². The Hall–Kier alpha value is -2.04. The minimum atomic E-state index is 0.0460. The molecule has 2 aromatic carbocycles. The molecule has 3 rings (SSSR count). The average Bonchev–Trinajstić information content (AvgIpc) is 2.62. The van der Waals surface area contributed by atoms with Gasteiger partial charge >= 0.3 is 0 Å². The van der Waals surface area contributed by atoms with Crippen molar-refractivity contribution in [3.63, 3.8) is 0 Å². The second kappa shape index (κ2) is 8.56. The van der Waals surface area contributed by atoms with Crippen molar-refractivity contribution in [3.8, 4) is 5.75 Å². The minimum absolute atomic E-state index is 0.0460. The number of likely N-dealkylation sites (tertiary alicyclic amines) is 1. The Labute approximate surface area is 160 Å². The summed E-state index contributed by atoms with van der Waals surface area (Å²) in [7, 11) is 1.57. The molecule has 0 spiro atoms.